The number of hydrogen-bond donors (Lipinski definition) is 1. The van der Waals surface area contributed by atoms with Gasteiger partial charge in [-0.1, -0.05) is 0 Å². The zero-order chi connectivity index (χ0) is 18.3. The van der Waals surface area contributed by atoms with Crippen LogP contribution in [0.4, 0.5) is 0 Å². The van der Waals surface area contributed by atoms with Crippen molar-refractivity contribution in [3.05, 3.63) is 23.3 Å². The lowest BCUT2D eigenvalue weighted by molar-refractivity contribution is -0.129. The fourth-order valence-electron chi connectivity index (χ4n) is 2.15. The van der Waals surface area contributed by atoms with E-state index in [2.05, 4.69) is 4.72 Å². The van der Waals surface area contributed by atoms with Gasteiger partial charge in [0.15, 0.2) is 0 Å². The Hall–Kier alpha value is -1.64. The summed E-state index contributed by atoms with van der Waals surface area (Å²) in [5, 5.41) is 0. The van der Waals surface area contributed by atoms with Crippen LogP contribution >= 0.6 is 0 Å². The number of nitrogens with one attached hydrogen (secondary N) is 1. The van der Waals surface area contributed by atoms with Gasteiger partial charge in [0, 0.05) is 33.7 Å². The molecule has 0 saturated heterocycles. The molecule has 1 N–H and O–H groups in total. The molecule has 7 nitrogen and oxygen atoms in total. The second-order valence-electron chi connectivity index (χ2n) is 5.48. The van der Waals surface area contributed by atoms with Crippen molar-refractivity contribution in [3.8, 4) is 5.75 Å². The van der Waals surface area contributed by atoms with Gasteiger partial charge in [0.05, 0.1) is 13.7 Å². The van der Waals surface area contributed by atoms with Crippen molar-refractivity contribution in [3.63, 3.8) is 0 Å². The summed E-state index contributed by atoms with van der Waals surface area (Å²) < 4.78 is 37.7. The second kappa shape index (κ2) is 9.00. The van der Waals surface area contributed by atoms with Crippen LogP contribution in [0.15, 0.2) is 17.0 Å². The molecule has 0 radical (unpaired) electrons. The van der Waals surface area contributed by atoms with Gasteiger partial charge in [-0.25, -0.2) is 13.1 Å². The van der Waals surface area contributed by atoms with Crippen molar-refractivity contribution in [2.24, 2.45) is 0 Å². The molecule has 0 saturated carbocycles. The van der Waals surface area contributed by atoms with Crippen molar-refractivity contribution >= 4 is 15.9 Å². The van der Waals surface area contributed by atoms with Crippen molar-refractivity contribution in [1.82, 2.24) is 9.62 Å². The molecule has 0 bridgehead atoms. The SMILES string of the molecule is COCCN(CCNS(=O)(=O)c1cc(C)c(C)cc1OC)C(C)=O. The molecule has 0 fully saturated rings. The molecule has 8 heteroatoms. The molecule has 136 valence electrons. The normalized spacial score (nSPS) is 11.4. The van der Waals surface area contributed by atoms with Gasteiger partial charge in [0.2, 0.25) is 15.9 Å². The molecule has 1 amide bonds. The standard InChI is InChI=1S/C16H26N2O5S/c1-12-10-15(23-5)16(11-13(12)2)24(20,21)17-6-7-18(14(3)19)8-9-22-4/h10-11,17H,6-9H2,1-5H3. The number of benzene rings is 1. The topological polar surface area (TPSA) is 84.9 Å². The highest BCUT2D eigenvalue weighted by atomic mass is 32.2. The van der Waals surface area contributed by atoms with E-state index in [0.29, 0.717) is 18.9 Å². The lowest BCUT2D eigenvalue weighted by Gasteiger charge is -2.21. The number of aryl methyl sites for hydroxylation is 2. The summed E-state index contributed by atoms with van der Waals surface area (Å²) in [7, 11) is -0.744. The minimum atomic E-state index is -3.73. The fraction of sp³-hybridized carbons (Fsp3) is 0.562. The van der Waals surface area contributed by atoms with E-state index in [1.54, 1.807) is 19.2 Å². The van der Waals surface area contributed by atoms with Gasteiger partial charge in [-0.3, -0.25) is 4.79 Å². The second-order valence-corrected chi connectivity index (χ2v) is 7.22. The number of carbonyl (C=O) groups excluding carboxylic acids is 1. The molecule has 0 atom stereocenters. The van der Waals surface area contributed by atoms with Gasteiger partial charge < -0.3 is 14.4 Å². The third-order valence-corrected chi connectivity index (χ3v) is 5.24. The molecule has 0 aliphatic carbocycles. The van der Waals surface area contributed by atoms with Gasteiger partial charge >= 0.3 is 0 Å². The summed E-state index contributed by atoms with van der Waals surface area (Å²) in [6, 6.07) is 3.29. The van der Waals surface area contributed by atoms with E-state index in [9.17, 15) is 13.2 Å². The van der Waals surface area contributed by atoms with E-state index in [1.165, 1.54) is 18.9 Å². The highest BCUT2D eigenvalue weighted by Gasteiger charge is 2.21. The van der Waals surface area contributed by atoms with Gasteiger partial charge in [0.25, 0.3) is 0 Å². The van der Waals surface area contributed by atoms with Gasteiger partial charge in [-0.05, 0) is 37.1 Å². The average molecular weight is 358 g/mol. The minimum absolute atomic E-state index is 0.0966. The number of rotatable bonds is 9. The first kappa shape index (κ1) is 20.4. The Morgan fingerprint density at radius 1 is 1.17 bits per heavy atom. The molecule has 0 unspecified atom stereocenters. The summed E-state index contributed by atoms with van der Waals surface area (Å²) in [6.45, 7) is 6.37. The van der Waals surface area contributed by atoms with Crippen molar-refractivity contribution in [1.29, 1.82) is 0 Å². The molecule has 0 spiro atoms. The summed E-state index contributed by atoms with van der Waals surface area (Å²) >= 11 is 0. The Kier molecular flexibility index (Phi) is 7.65. The summed E-state index contributed by atoms with van der Waals surface area (Å²) in [5.74, 6) is 0.170. The predicted molar refractivity (Wildman–Crippen MR) is 91.8 cm³/mol. The molecule has 0 aliphatic rings. The van der Waals surface area contributed by atoms with Crippen LogP contribution in [-0.2, 0) is 19.6 Å². The first-order chi connectivity index (χ1) is 11.2. The largest absolute Gasteiger partial charge is 0.495 e. The highest BCUT2D eigenvalue weighted by molar-refractivity contribution is 7.89. The predicted octanol–water partition coefficient (Wildman–Crippen LogP) is 1.09. The van der Waals surface area contributed by atoms with Crippen LogP contribution in [0.3, 0.4) is 0 Å². The van der Waals surface area contributed by atoms with E-state index in [1.807, 2.05) is 13.8 Å². The fourth-order valence-corrected chi connectivity index (χ4v) is 3.41. The van der Waals surface area contributed by atoms with Crippen LogP contribution in [0.25, 0.3) is 0 Å². The summed E-state index contributed by atoms with van der Waals surface area (Å²) in [6.07, 6.45) is 0. The third kappa shape index (κ3) is 5.47. The third-order valence-electron chi connectivity index (χ3n) is 3.75. The lowest BCUT2D eigenvalue weighted by atomic mass is 10.1. The van der Waals surface area contributed by atoms with Gasteiger partial charge in [-0.2, -0.15) is 0 Å². The lowest BCUT2D eigenvalue weighted by Crippen LogP contribution is -2.39. The van der Waals surface area contributed by atoms with Crippen LogP contribution in [0.5, 0.6) is 5.75 Å². The van der Waals surface area contributed by atoms with Gasteiger partial charge in [0.1, 0.15) is 10.6 Å². The van der Waals surface area contributed by atoms with Crippen LogP contribution in [-0.4, -0.2) is 59.7 Å². The molecular formula is C16H26N2O5S. The van der Waals surface area contributed by atoms with Crippen molar-refractivity contribution in [2.75, 3.05) is 40.5 Å². The van der Waals surface area contributed by atoms with E-state index in [0.717, 1.165) is 11.1 Å². The molecule has 1 rings (SSSR count). The minimum Gasteiger partial charge on any atom is -0.495 e. The molecule has 0 aromatic heterocycles. The van der Waals surface area contributed by atoms with E-state index in [-0.39, 0.29) is 23.9 Å². The zero-order valence-corrected chi connectivity index (χ0v) is 15.7. The van der Waals surface area contributed by atoms with Crippen molar-refractivity contribution in [2.45, 2.75) is 25.7 Å². The van der Waals surface area contributed by atoms with Crippen molar-refractivity contribution < 1.29 is 22.7 Å². The number of hydrogen-bond acceptors (Lipinski definition) is 5. The molecule has 0 heterocycles. The first-order valence-corrected chi connectivity index (χ1v) is 9.10. The Morgan fingerprint density at radius 3 is 2.33 bits per heavy atom. The Balaban J connectivity index is 2.83. The summed E-state index contributed by atoms with van der Waals surface area (Å²) in [4.78, 5) is 13.2. The maximum atomic E-state index is 12.5. The van der Waals surface area contributed by atoms with Crippen LogP contribution in [0.2, 0.25) is 0 Å². The molecule has 1 aromatic carbocycles. The number of ether oxygens (including phenoxy) is 2. The van der Waals surface area contributed by atoms with Crippen LogP contribution in [0, 0.1) is 13.8 Å². The van der Waals surface area contributed by atoms with Crippen LogP contribution in [0.1, 0.15) is 18.1 Å². The quantitative estimate of drug-likeness (QED) is 0.714. The van der Waals surface area contributed by atoms with Gasteiger partial charge in [-0.15, -0.1) is 0 Å². The number of nitrogens with zero attached hydrogens (tertiary/aromatic N) is 1. The molecule has 0 aliphatic heterocycles. The van der Waals surface area contributed by atoms with E-state index in [4.69, 9.17) is 9.47 Å². The summed E-state index contributed by atoms with van der Waals surface area (Å²) in [5.41, 5.74) is 1.81. The number of carbonyl (C=O) groups is 1. The Morgan fingerprint density at radius 2 is 1.79 bits per heavy atom. The number of amides is 1. The number of methoxy groups -OCH3 is 2. The number of sulfonamides is 1. The zero-order valence-electron chi connectivity index (χ0n) is 14.9. The maximum absolute atomic E-state index is 12.5. The maximum Gasteiger partial charge on any atom is 0.244 e. The van der Waals surface area contributed by atoms with Crippen LogP contribution < -0.4 is 9.46 Å². The first-order valence-electron chi connectivity index (χ1n) is 7.62. The Labute approximate surface area is 144 Å². The monoisotopic (exact) mass is 358 g/mol. The smallest absolute Gasteiger partial charge is 0.244 e. The van der Waals surface area contributed by atoms with E-state index >= 15 is 0 Å². The molecule has 24 heavy (non-hydrogen) atoms. The highest BCUT2D eigenvalue weighted by Crippen LogP contribution is 2.27. The average Bonchev–Trinajstić information content (AvgIpc) is 2.52. The Bertz CT molecular complexity index is 673. The van der Waals surface area contributed by atoms with E-state index < -0.39 is 10.0 Å². The molecule has 1 aromatic rings. The molecular weight excluding hydrogens is 332 g/mol.